The molecule has 1 amide bonds. The van der Waals surface area contributed by atoms with Gasteiger partial charge in [-0.2, -0.15) is 0 Å². The van der Waals surface area contributed by atoms with Gasteiger partial charge in [0, 0.05) is 6.54 Å². The summed E-state index contributed by atoms with van der Waals surface area (Å²) in [5.74, 6) is -0.755. The van der Waals surface area contributed by atoms with Gasteiger partial charge in [0.2, 0.25) is 0 Å². The normalized spacial score (nSPS) is 11.5. The topological polar surface area (TPSA) is 102 Å². The fourth-order valence-electron chi connectivity index (χ4n) is 2.76. The van der Waals surface area contributed by atoms with Crippen LogP contribution < -0.4 is 9.62 Å². The summed E-state index contributed by atoms with van der Waals surface area (Å²) in [5, 5.41) is 2.56. The van der Waals surface area contributed by atoms with Crippen molar-refractivity contribution in [3.8, 4) is 0 Å². The third-order valence-electron chi connectivity index (χ3n) is 4.17. The Kier molecular flexibility index (Phi) is 7.67. The van der Waals surface area contributed by atoms with E-state index in [2.05, 4.69) is 5.32 Å². The van der Waals surface area contributed by atoms with Gasteiger partial charge in [-0.15, -0.1) is 0 Å². The van der Waals surface area contributed by atoms with E-state index >= 15 is 0 Å². The van der Waals surface area contributed by atoms with Crippen LogP contribution in [0.5, 0.6) is 0 Å². The van der Waals surface area contributed by atoms with E-state index in [1.54, 1.807) is 51.1 Å². The first-order valence-electron chi connectivity index (χ1n) is 9.69. The van der Waals surface area contributed by atoms with Crippen molar-refractivity contribution in [2.24, 2.45) is 0 Å². The summed E-state index contributed by atoms with van der Waals surface area (Å²) in [6, 6.07) is 12.7. The Hall–Kier alpha value is -3.07. The number of hydrogen-bond acceptors (Lipinski definition) is 6. The van der Waals surface area contributed by atoms with Crippen molar-refractivity contribution in [1.29, 1.82) is 0 Å². The molecule has 0 atom stereocenters. The van der Waals surface area contributed by atoms with E-state index in [4.69, 9.17) is 9.47 Å². The second kappa shape index (κ2) is 9.82. The molecule has 2 rings (SSSR count). The van der Waals surface area contributed by atoms with Crippen LogP contribution in [0.2, 0.25) is 0 Å². The number of aryl methyl sites for hydroxylation is 1. The maximum absolute atomic E-state index is 13.5. The van der Waals surface area contributed by atoms with Gasteiger partial charge in [0.05, 0.1) is 24.9 Å². The summed E-state index contributed by atoms with van der Waals surface area (Å²) in [7, 11) is -2.96. The summed E-state index contributed by atoms with van der Waals surface area (Å²) >= 11 is 0. The summed E-state index contributed by atoms with van der Waals surface area (Å²) < 4.78 is 38.2. The highest BCUT2D eigenvalue weighted by atomic mass is 32.2. The average molecular weight is 449 g/mol. The number of benzene rings is 2. The minimum absolute atomic E-state index is 0.00239. The molecule has 0 aliphatic rings. The minimum atomic E-state index is -4.15. The van der Waals surface area contributed by atoms with E-state index in [1.807, 2.05) is 6.92 Å². The lowest BCUT2D eigenvalue weighted by Crippen LogP contribution is -2.40. The molecule has 0 bridgehead atoms. The zero-order valence-electron chi connectivity index (χ0n) is 18.3. The average Bonchev–Trinajstić information content (AvgIpc) is 2.70. The molecule has 0 aliphatic heterocycles. The highest BCUT2D eigenvalue weighted by molar-refractivity contribution is 7.93. The standard InChI is InChI=1S/C22H28N2O6S/c1-16-10-12-17(13-11-16)24(15-14-23-21(26)30-22(2,3)4)31(27,28)19-9-7-6-8-18(19)20(25)29-5/h6-13H,14-15H2,1-5H3,(H,23,26). The molecule has 0 saturated carbocycles. The Balaban J connectivity index is 2.38. The first-order chi connectivity index (χ1) is 14.5. The summed E-state index contributed by atoms with van der Waals surface area (Å²) in [5.41, 5.74) is 0.619. The lowest BCUT2D eigenvalue weighted by atomic mass is 10.2. The van der Waals surface area contributed by atoms with E-state index in [-0.39, 0.29) is 23.5 Å². The van der Waals surface area contributed by atoms with Crippen LogP contribution in [0, 0.1) is 6.92 Å². The number of esters is 1. The van der Waals surface area contributed by atoms with Crippen molar-refractivity contribution >= 4 is 27.8 Å². The highest BCUT2D eigenvalue weighted by Gasteiger charge is 2.29. The molecule has 0 saturated heterocycles. The molecular formula is C22H28N2O6S. The van der Waals surface area contributed by atoms with E-state index in [9.17, 15) is 18.0 Å². The predicted molar refractivity (Wildman–Crippen MR) is 118 cm³/mol. The Bertz CT molecular complexity index is 1030. The highest BCUT2D eigenvalue weighted by Crippen LogP contribution is 2.26. The number of amides is 1. The van der Waals surface area contributed by atoms with Gasteiger partial charge in [-0.05, 0) is 52.0 Å². The van der Waals surface area contributed by atoms with Gasteiger partial charge in [-0.25, -0.2) is 18.0 Å². The van der Waals surface area contributed by atoms with Crippen LogP contribution in [-0.2, 0) is 19.5 Å². The van der Waals surface area contributed by atoms with E-state index < -0.39 is 27.7 Å². The van der Waals surface area contributed by atoms with Crippen molar-refractivity contribution < 1.29 is 27.5 Å². The molecule has 0 spiro atoms. The molecule has 0 heterocycles. The van der Waals surface area contributed by atoms with Gasteiger partial charge in [-0.3, -0.25) is 4.31 Å². The smallest absolute Gasteiger partial charge is 0.407 e. The van der Waals surface area contributed by atoms with E-state index in [1.165, 1.54) is 25.3 Å². The molecule has 0 aliphatic carbocycles. The molecule has 2 aromatic carbocycles. The molecule has 0 radical (unpaired) electrons. The van der Waals surface area contributed by atoms with Gasteiger partial charge in [0.15, 0.2) is 0 Å². The number of anilines is 1. The number of rotatable bonds is 7. The zero-order valence-corrected chi connectivity index (χ0v) is 19.2. The monoisotopic (exact) mass is 448 g/mol. The summed E-state index contributed by atoms with van der Waals surface area (Å²) in [6.45, 7) is 7.03. The van der Waals surface area contributed by atoms with Crippen LogP contribution in [0.25, 0.3) is 0 Å². The molecule has 0 aromatic heterocycles. The molecule has 31 heavy (non-hydrogen) atoms. The quantitative estimate of drug-likeness (QED) is 0.651. The number of hydrogen-bond donors (Lipinski definition) is 1. The Morgan fingerprint density at radius 1 is 1.03 bits per heavy atom. The first-order valence-corrected chi connectivity index (χ1v) is 11.1. The number of sulfonamides is 1. The number of carbonyl (C=O) groups is 2. The van der Waals surface area contributed by atoms with Crippen LogP contribution in [0.1, 0.15) is 36.7 Å². The predicted octanol–water partition coefficient (Wildman–Crippen LogP) is 3.50. The number of nitrogens with zero attached hydrogens (tertiary/aromatic N) is 1. The molecule has 168 valence electrons. The number of ether oxygens (including phenoxy) is 2. The van der Waals surface area contributed by atoms with Gasteiger partial charge in [0.1, 0.15) is 10.5 Å². The number of nitrogens with one attached hydrogen (secondary N) is 1. The van der Waals surface area contributed by atoms with Crippen LogP contribution in [0.4, 0.5) is 10.5 Å². The van der Waals surface area contributed by atoms with Crippen molar-refractivity contribution in [1.82, 2.24) is 5.32 Å². The fourth-order valence-corrected chi connectivity index (χ4v) is 4.41. The van der Waals surface area contributed by atoms with Crippen molar-refractivity contribution in [3.63, 3.8) is 0 Å². The minimum Gasteiger partial charge on any atom is -0.465 e. The second-order valence-electron chi connectivity index (χ2n) is 7.83. The van der Waals surface area contributed by atoms with Gasteiger partial charge in [-0.1, -0.05) is 29.8 Å². The van der Waals surface area contributed by atoms with Gasteiger partial charge in [0.25, 0.3) is 10.0 Å². The van der Waals surface area contributed by atoms with Gasteiger partial charge < -0.3 is 14.8 Å². The molecular weight excluding hydrogens is 420 g/mol. The Morgan fingerprint density at radius 2 is 1.65 bits per heavy atom. The van der Waals surface area contributed by atoms with Crippen LogP contribution >= 0.6 is 0 Å². The Labute approximate surface area is 183 Å². The summed E-state index contributed by atoms with van der Waals surface area (Å²) in [4.78, 5) is 23.9. The lowest BCUT2D eigenvalue weighted by Gasteiger charge is -2.26. The van der Waals surface area contributed by atoms with Crippen LogP contribution in [0.3, 0.4) is 0 Å². The summed E-state index contributed by atoms with van der Waals surface area (Å²) in [6.07, 6.45) is -0.649. The van der Waals surface area contributed by atoms with E-state index in [0.717, 1.165) is 9.87 Å². The van der Waals surface area contributed by atoms with Crippen molar-refractivity contribution in [2.75, 3.05) is 24.5 Å². The van der Waals surface area contributed by atoms with Gasteiger partial charge >= 0.3 is 12.1 Å². The molecule has 1 N–H and O–H groups in total. The molecule has 8 nitrogen and oxygen atoms in total. The van der Waals surface area contributed by atoms with Crippen molar-refractivity contribution in [3.05, 3.63) is 59.7 Å². The maximum atomic E-state index is 13.5. The number of methoxy groups -OCH3 is 1. The molecule has 0 fully saturated rings. The number of alkyl carbamates (subject to hydrolysis) is 1. The van der Waals surface area contributed by atoms with Crippen molar-refractivity contribution in [2.45, 2.75) is 38.2 Å². The second-order valence-corrected chi connectivity index (χ2v) is 9.66. The fraction of sp³-hybridized carbons (Fsp3) is 0.364. The SMILES string of the molecule is COC(=O)c1ccccc1S(=O)(=O)N(CCNC(=O)OC(C)(C)C)c1ccc(C)cc1. The Morgan fingerprint density at radius 3 is 2.23 bits per heavy atom. The number of carbonyl (C=O) groups excluding carboxylic acids is 2. The maximum Gasteiger partial charge on any atom is 0.407 e. The molecule has 0 unspecified atom stereocenters. The zero-order chi connectivity index (χ0) is 23.2. The first kappa shape index (κ1) is 24.2. The third kappa shape index (κ3) is 6.45. The van der Waals surface area contributed by atoms with E-state index in [0.29, 0.717) is 5.69 Å². The van der Waals surface area contributed by atoms with Crippen LogP contribution in [0.15, 0.2) is 53.4 Å². The van der Waals surface area contributed by atoms with Crippen LogP contribution in [-0.4, -0.2) is 46.3 Å². The largest absolute Gasteiger partial charge is 0.465 e. The third-order valence-corrected chi connectivity index (χ3v) is 6.05. The molecule has 9 heteroatoms. The molecule has 2 aromatic rings. The lowest BCUT2D eigenvalue weighted by molar-refractivity contribution is 0.0528.